The SMILES string of the molecule is C[C@@]1(CO)Cc2ccccc2N1Cc1ccccc1. The number of hydrogen-bond acceptors (Lipinski definition) is 2. The van der Waals surface area contributed by atoms with Crippen LogP contribution in [0.3, 0.4) is 0 Å². The Hall–Kier alpha value is -1.80. The number of aliphatic hydroxyl groups excluding tert-OH is 1. The van der Waals surface area contributed by atoms with Crippen molar-refractivity contribution in [2.75, 3.05) is 11.5 Å². The number of rotatable bonds is 3. The van der Waals surface area contributed by atoms with Gasteiger partial charge in [0.2, 0.25) is 0 Å². The van der Waals surface area contributed by atoms with E-state index in [1.54, 1.807) is 0 Å². The summed E-state index contributed by atoms with van der Waals surface area (Å²) in [5.41, 5.74) is 3.66. The third kappa shape index (κ3) is 2.13. The Morgan fingerprint density at radius 1 is 1.05 bits per heavy atom. The lowest BCUT2D eigenvalue weighted by molar-refractivity contribution is 0.204. The van der Waals surface area contributed by atoms with Crippen molar-refractivity contribution in [3.63, 3.8) is 0 Å². The molecule has 2 aromatic rings. The van der Waals surface area contributed by atoms with Crippen molar-refractivity contribution in [3.8, 4) is 0 Å². The average molecular weight is 253 g/mol. The van der Waals surface area contributed by atoms with Crippen LogP contribution >= 0.6 is 0 Å². The van der Waals surface area contributed by atoms with Crippen LogP contribution in [-0.4, -0.2) is 17.3 Å². The molecule has 0 aliphatic carbocycles. The number of para-hydroxylation sites is 1. The molecule has 0 unspecified atom stereocenters. The smallest absolute Gasteiger partial charge is 0.0664 e. The second-order valence-electron chi connectivity index (χ2n) is 5.53. The fourth-order valence-corrected chi connectivity index (χ4v) is 2.90. The average Bonchev–Trinajstić information content (AvgIpc) is 2.74. The lowest BCUT2D eigenvalue weighted by Gasteiger charge is -2.36. The summed E-state index contributed by atoms with van der Waals surface area (Å²) in [6.07, 6.45) is 0.909. The standard InChI is InChI=1S/C17H19NO/c1-17(13-19)11-15-9-5-6-10-16(15)18(17)12-14-7-3-2-4-8-14/h2-10,19H,11-13H2,1H3/t17-/m0/s1. The van der Waals surface area contributed by atoms with Gasteiger partial charge in [0.1, 0.15) is 0 Å². The fraction of sp³-hybridized carbons (Fsp3) is 0.294. The molecule has 1 heterocycles. The van der Waals surface area contributed by atoms with E-state index in [0.29, 0.717) is 0 Å². The van der Waals surface area contributed by atoms with Gasteiger partial charge in [0.05, 0.1) is 12.1 Å². The third-order valence-electron chi connectivity index (χ3n) is 4.03. The summed E-state index contributed by atoms with van der Waals surface area (Å²) in [6, 6.07) is 18.9. The molecular weight excluding hydrogens is 234 g/mol. The molecule has 2 aromatic carbocycles. The number of nitrogens with zero attached hydrogens (tertiary/aromatic N) is 1. The van der Waals surface area contributed by atoms with E-state index in [-0.39, 0.29) is 12.1 Å². The predicted octanol–water partition coefficient (Wildman–Crippen LogP) is 3.00. The Kier molecular flexibility index (Phi) is 3.03. The zero-order valence-electron chi connectivity index (χ0n) is 11.2. The molecule has 0 spiro atoms. The van der Waals surface area contributed by atoms with Gasteiger partial charge in [-0.1, -0.05) is 48.5 Å². The molecule has 1 aliphatic rings. The monoisotopic (exact) mass is 253 g/mol. The highest BCUT2D eigenvalue weighted by atomic mass is 16.3. The van der Waals surface area contributed by atoms with Crippen LogP contribution in [0.5, 0.6) is 0 Å². The number of anilines is 1. The van der Waals surface area contributed by atoms with Gasteiger partial charge in [-0.15, -0.1) is 0 Å². The maximum absolute atomic E-state index is 9.80. The van der Waals surface area contributed by atoms with Crippen LogP contribution in [0.4, 0.5) is 5.69 Å². The zero-order valence-corrected chi connectivity index (χ0v) is 11.2. The molecule has 1 N–H and O–H groups in total. The molecule has 1 atom stereocenters. The highest BCUT2D eigenvalue weighted by molar-refractivity contribution is 5.61. The first kappa shape index (κ1) is 12.2. The molecule has 19 heavy (non-hydrogen) atoms. The summed E-state index contributed by atoms with van der Waals surface area (Å²) >= 11 is 0. The van der Waals surface area contributed by atoms with E-state index in [4.69, 9.17) is 0 Å². The van der Waals surface area contributed by atoms with E-state index >= 15 is 0 Å². The fourth-order valence-electron chi connectivity index (χ4n) is 2.90. The number of hydrogen-bond donors (Lipinski definition) is 1. The maximum Gasteiger partial charge on any atom is 0.0664 e. The second kappa shape index (κ2) is 4.71. The van der Waals surface area contributed by atoms with Crippen molar-refractivity contribution in [3.05, 3.63) is 65.7 Å². The van der Waals surface area contributed by atoms with Crippen LogP contribution in [0.1, 0.15) is 18.1 Å². The Labute approximate surface area is 114 Å². The van der Waals surface area contributed by atoms with E-state index in [2.05, 4.69) is 60.4 Å². The lowest BCUT2D eigenvalue weighted by atomic mass is 9.97. The van der Waals surface area contributed by atoms with Gasteiger partial charge in [-0.3, -0.25) is 0 Å². The lowest BCUT2D eigenvalue weighted by Crippen LogP contribution is -2.46. The minimum atomic E-state index is -0.195. The molecule has 1 aliphatic heterocycles. The summed E-state index contributed by atoms with van der Waals surface area (Å²) in [6.45, 7) is 3.15. The molecule has 0 aromatic heterocycles. The normalized spacial score (nSPS) is 21.5. The van der Waals surface area contributed by atoms with E-state index in [9.17, 15) is 5.11 Å². The minimum Gasteiger partial charge on any atom is -0.394 e. The van der Waals surface area contributed by atoms with Crippen LogP contribution in [0.15, 0.2) is 54.6 Å². The predicted molar refractivity (Wildman–Crippen MR) is 78.3 cm³/mol. The quantitative estimate of drug-likeness (QED) is 0.909. The Morgan fingerprint density at radius 3 is 2.47 bits per heavy atom. The van der Waals surface area contributed by atoms with E-state index in [1.807, 2.05) is 6.07 Å². The first-order chi connectivity index (χ1) is 9.23. The van der Waals surface area contributed by atoms with Gasteiger partial charge in [-0.05, 0) is 30.5 Å². The first-order valence-electron chi connectivity index (χ1n) is 6.73. The van der Waals surface area contributed by atoms with Gasteiger partial charge in [0.25, 0.3) is 0 Å². The Morgan fingerprint density at radius 2 is 1.74 bits per heavy atom. The van der Waals surface area contributed by atoms with Crippen molar-refractivity contribution in [1.82, 2.24) is 0 Å². The van der Waals surface area contributed by atoms with Crippen LogP contribution in [0, 0.1) is 0 Å². The van der Waals surface area contributed by atoms with E-state index in [1.165, 1.54) is 16.8 Å². The second-order valence-corrected chi connectivity index (χ2v) is 5.53. The van der Waals surface area contributed by atoms with Crippen molar-refractivity contribution in [2.45, 2.75) is 25.4 Å². The van der Waals surface area contributed by atoms with E-state index in [0.717, 1.165) is 13.0 Å². The van der Waals surface area contributed by atoms with Crippen molar-refractivity contribution >= 4 is 5.69 Å². The van der Waals surface area contributed by atoms with Gasteiger partial charge in [-0.25, -0.2) is 0 Å². The van der Waals surface area contributed by atoms with Gasteiger partial charge >= 0.3 is 0 Å². The first-order valence-corrected chi connectivity index (χ1v) is 6.73. The molecule has 2 heteroatoms. The summed E-state index contributed by atoms with van der Waals surface area (Å²) < 4.78 is 0. The van der Waals surface area contributed by atoms with Gasteiger partial charge in [0.15, 0.2) is 0 Å². The minimum absolute atomic E-state index is 0.175. The van der Waals surface area contributed by atoms with Crippen LogP contribution in [0.25, 0.3) is 0 Å². The largest absolute Gasteiger partial charge is 0.394 e. The Balaban J connectivity index is 1.97. The highest BCUT2D eigenvalue weighted by Gasteiger charge is 2.38. The van der Waals surface area contributed by atoms with Crippen LogP contribution in [0.2, 0.25) is 0 Å². The Bertz CT molecular complexity index is 566. The summed E-state index contributed by atoms with van der Waals surface area (Å²) in [4.78, 5) is 2.33. The maximum atomic E-state index is 9.80. The molecule has 3 rings (SSSR count). The topological polar surface area (TPSA) is 23.5 Å². The van der Waals surface area contributed by atoms with Crippen molar-refractivity contribution < 1.29 is 5.11 Å². The molecule has 2 nitrogen and oxygen atoms in total. The summed E-state index contributed by atoms with van der Waals surface area (Å²) in [5, 5.41) is 9.80. The van der Waals surface area contributed by atoms with E-state index < -0.39 is 0 Å². The van der Waals surface area contributed by atoms with Gasteiger partial charge in [0, 0.05) is 12.2 Å². The third-order valence-corrected chi connectivity index (χ3v) is 4.03. The summed E-state index contributed by atoms with van der Waals surface area (Å²) in [7, 11) is 0. The van der Waals surface area contributed by atoms with Crippen LogP contribution in [-0.2, 0) is 13.0 Å². The number of aliphatic hydroxyl groups is 1. The van der Waals surface area contributed by atoms with Crippen LogP contribution < -0.4 is 4.90 Å². The van der Waals surface area contributed by atoms with Crippen molar-refractivity contribution in [2.24, 2.45) is 0 Å². The zero-order chi connectivity index (χ0) is 13.3. The molecular formula is C17H19NO. The summed E-state index contributed by atoms with van der Waals surface area (Å²) in [5.74, 6) is 0. The molecule has 0 saturated heterocycles. The molecule has 0 amide bonds. The molecule has 98 valence electrons. The highest BCUT2D eigenvalue weighted by Crippen LogP contribution is 2.39. The number of fused-ring (bicyclic) bond motifs is 1. The number of benzene rings is 2. The van der Waals surface area contributed by atoms with Crippen molar-refractivity contribution in [1.29, 1.82) is 0 Å². The molecule has 0 fully saturated rings. The van der Waals surface area contributed by atoms with Gasteiger partial charge in [-0.2, -0.15) is 0 Å². The molecule has 0 saturated carbocycles. The molecule has 0 bridgehead atoms. The molecule has 0 radical (unpaired) electrons. The van der Waals surface area contributed by atoms with Gasteiger partial charge < -0.3 is 10.0 Å².